The van der Waals surface area contributed by atoms with Crippen LogP contribution >= 0.6 is 0 Å². The van der Waals surface area contributed by atoms with E-state index in [0.717, 1.165) is 13.0 Å². The molecule has 2 heterocycles. The van der Waals surface area contributed by atoms with Crippen molar-refractivity contribution >= 4 is 6.08 Å². The summed E-state index contributed by atoms with van der Waals surface area (Å²) in [6, 6.07) is 13.0. The molecule has 0 saturated heterocycles. The molecule has 1 nitrogen and oxygen atoms in total. The van der Waals surface area contributed by atoms with E-state index in [-0.39, 0.29) is 0 Å². The van der Waals surface area contributed by atoms with E-state index in [9.17, 15) is 0 Å². The quantitative estimate of drug-likeness (QED) is 0.678. The Kier molecular flexibility index (Phi) is 2.17. The number of fused-ring (bicyclic) bond motifs is 1. The standard InChI is InChI=1S/C15H15N/c1-12-4-6-13(7-5-12)9-14-10-15-3-2-8-16(15)11-14/h2-9H,10-11H2,1H3/b14-9+. The molecule has 80 valence electrons. The maximum atomic E-state index is 2.32. The first-order valence-corrected chi connectivity index (χ1v) is 5.71. The summed E-state index contributed by atoms with van der Waals surface area (Å²) in [5.41, 5.74) is 5.56. The van der Waals surface area contributed by atoms with Crippen molar-refractivity contribution in [1.82, 2.24) is 4.57 Å². The molecule has 0 fully saturated rings. The molecular weight excluding hydrogens is 194 g/mol. The van der Waals surface area contributed by atoms with Crippen LogP contribution in [0, 0.1) is 6.92 Å². The van der Waals surface area contributed by atoms with E-state index in [1.54, 1.807) is 0 Å². The van der Waals surface area contributed by atoms with E-state index >= 15 is 0 Å². The molecule has 1 aliphatic heterocycles. The van der Waals surface area contributed by atoms with Gasteiger partial charge in [0.15, 0.2) is 0 Å². The van der Waals surface area contributed by atoms with Gasteiger partial charge >= 0.3 is 0 Å². The van der Waals surface area contributed by atoms with Gasteiger partial charge in [0, 0.05) is 24.9 Å². The Balaban J connectivity index is 1.85. The zero-order chi connectivity index (χ0) is 11.0. The summed E-state index contributed by atoms with van der Waals surface area (Å²) >= 11 is 0. The van der Waals surface area contributed by atoms with Crippen LogP contribution in [0.3, 0.4) is 0 Å². The minimum atomic E-state index is 1.05. The molecule has 1 aromatic heterocycles. The number of aryl methyl sites for hydroxylation is 1. The zero-order valence-corrected chi connectivity index (χ0v) is 9.48. The highest BCUT2D eigenvalue weighted by Crippen LogP contribution is 2.22. The fraction of sp³-hybridized carbons (Fsp3) is 0.200. The summed E-state index contributed by atoms with van der Waals surface area (Å²) in [6.07, 6.45) is 5.57. The molecule has 0 amide bonds. The molecule has 3 rings (SSSR count). The van der Waals surface area contributed by atoms with Crippen molar-refractivity contribution in [3.63, 3.8) is 0 Å². The Labute approximate surface area is 96.0 Å². The lowest BCUT2D eigenvalue weighted by Gasteiger charge is -1.98. The van der Waals surface area contributed by atoms with Gasteiger partial charge in [-0.2, -0.15) is 0 Å². The largest absolute Gasteiger partial charge is 0.347 e. The van der Waals surface area contributed by atoms with Crippen LogP contribution in [-0.2, 0) is 13.0 Å². The molecule has 0 N–H and O–H groups in total. The number of benzene rings is 1. The molecule has 0 radical (unpaired) electrons. The molecular formula is C15H15N. The van der Waals surface area contributed by atoms with Crippen LogP contribution in [0.1, 0.15) is 16.8 Å². The fourth-order valence-corrected chi connectivity index (χ4v) is 2.27. The SMILES string of the molecule is Cc1ccc(/C=C2\Cc3cccn3C2)cc1. The van der Waals surface area contributed by atoms with Crippen molar-refractivity contribution in [2.24, 2.45) is 0 Å². The van der Waals surface area contributed by atoms with Gasteiger partial charge in [0.05, 0.1) is 0 Å². The Morgan fingerprint density at radius 1 is 1.12 bits per heavy atom. The van der Waals surface area contributed by atoms with Crippen LogP contribution in [0.5, 0.6) is 0 Å². The van der Waals surface area contributed by atoms with Gasteiger partial charge in [0.25, 0.3) is 0 Å². The lowest BCUT2D eigenvalue weighted by Crippen LogP contribution is -1.88. The molecule has 0 spiro atoms. The van der Waals surface area contributed by atoms with Gasteiger partial charge in [0.1, 0.15) is 0 Å². The van der Waals surface area contributed by atoms with Gasteiger partial charge in [-0.25, -0.2) is 0 Å². The highest BCUT2D eigenvalue weighted by Gasteiger charge is 2.13. The van der Waals surface area contributed by atoms with E-state index in [4.69, 9.17) is 0 Å². The van der Waals surface area contributed by atoms with Crippen molar-refractivity contribution in [2.75, 3.05) is 0 Å². The van der Waals surface area contributed by atoms with Crippen LogP contribution in [0.15, 0.2) is 48.2 Å². The van der Waals surface area contributed by atoms with Crippen molar-refractivity contribution in [2.45, 2.75) is 19.9 Å². The summed E-state index contributed by atoms with van der Waals surface area (Å²) < 4.78 is 2.32. The molecule has 0 saturated carbocycles. The number of nitrogens with zero attached hydrogens (tertiary/aromatic N) is 1. The first-order chi connectivity index (χ1) is 7.81. The third kappa shape index (κ3) is 1.69. The molecule has 1 aromatic carbocycles. The van der Waals surface area contributed by atoms with Crippen LogP contribution in [0.4, 0.5) is 0 Å². The van der Waals surface area contributed by atoms with Gasteiger partial charge in [-0.3, -0.25) is 0 Å². The normalized spacial score (nSPS) is 16.7. The van der Waals surface area contributed by atoms with Crippen molar-refractivity contribution in [3.05, 3.63) is 65.0 Å². The molecule has 0 atom stereocenters. The first-order valence-electron chi connectivity index (χ1n) is 5.71. The topological polar surface area (TPSA) is 4.93 Å². The molecule has 16 heavy (non-hydrogen) atoms. The number of hydrogen-bond acceptors (Lipinski definition) is 0. The van der Waals surface area contributed by atoms with E-state index < -0.39 is 0 Å². The Morgan fingerprint density at radius 3 is 2.69 bits per heavy atom. The summed E-state index contributed by atoms with van der Waals surface area (Å²) in [5.74, 6) is 0. The molecule has 1 aliphatic rings. The van der Waals surface area contributed by atoms with E-state index in [0.29, 0.717) is 0 Å². The fourth-order valence-electron chi connectivity index (χ4n) is 2.27. The molecule has 2 aromatic rings. The molecule has 0 aliphatic carbocycles. The lowest BCUT2D eigenvalue weighted by atomic mass is 10.1. The summed E-state index contributed by atoms with van der Waals surface area (Å²) in [7, 11) is 0. The monoisotopic (exact) mass is 209 g/mol. The van der Waals surface area contributed by atoms with Gasteiger partial charge in [-0.1, -0.05) is 35.9 Å². The molecule has 0 unspecified atom stereocenters. The van der Waals surface area contributed by atoms with E-state index in [2.05, 4.69) is 60.2 Å². The van der Waals surface area contributed by atoms with Crippen molar-refractivity contribution in [1.29, 1.82) is 0 Å². The summed E-state index contributed by atoms with van der Waals surface area (Å²) in [4.78, 5) is 0. The predicted molar refractivity (Wildman–Crippen MR) is 67.3 cm³/mol. The van der Waals surface area contributed by atoms with Crippen molar-refractivity contribution < 1.29 is 0 Å². The maximum Gasteiger partial charge on any atom is 0.0439 e. The number of rotatable bonds is 1. The van der Waals surface area contributed by atoms with Crippen LogP contribution < -0.4 is 0 Å². The highest BCUT2D eigenvalue weighted by atomic mass is 15.0. The highest BCUT2D eigenvalue weighted by molar-refractivity contribution is 5.55. The average molecular weight is 209 g/mol. The second kappa shape index (κ2) is 3.67. The lowest BCUT2D eigenvalue weighted by molar-refractivity contribution is 0.842. The molecule has 1 heteroatoms. The van der Waals surface area contributed by atoms with Crippen molar-refractivity contribution in [3.8, 4) is 0 Å². The first kappa shape index (κ1) is 9.46. The number of aromatic nitrogens is 1. The van der Waals surface area contributed by atoms with Crippen LogP contribution in [-0.4, -0.2) is 4.57 Å². The number of allylic oxidation sites excluding steroid dienone is 1. The minimum absolute atomic E-state index is 1.05. The average Bonchev–Trinajstić information content (AvgIpc) is 2.81. The van der Waals surface area contributed by atoms with Gasteiger partial charge in [-0.15, -0.1) is 0 Å². The van der Waals surface area contributed by atoms with Gasteiger partial charge in [-0.05, 0) is 30.2 Å². The minimum Gasteiger partial charge on any atom is -0.347 e. The molecule has 0 bridgehead atoms. The Hall–Kier alpha value is -1.76. The zero-order valence-electron chi connectivity index (χ0n) is 9.48. The predicted octanol–water partition coefficient (Wildman–Crippen LogP) is 3.44. The third-order valence-corrected chi connectivity index (χ3v) is 3.15. The number of hydrogen-bond donors (Lipinski definition) is 0. The summed E-state index contributed by atoms with van der Waals surface area (Å²) in [5, 5.41) is 0. The van der Waals surface area contributed by atoms with E-state index in [1.807, 2.05) is 0 Å². The summed E-state index contributed by atoms with van der Waals surface area (Å²) in [6.45, 7) is 3.18. The van der Waals surface area contributed by atoms with E-state index in [1.165, 1.54) is 22.4 Å². The van der Waals surface area contributed by atoms with Gasteiger partial charge in [0.2, 0.25) is 0 Å². The Morgan fingerprint density at radius 2 is 1.94 bits per heavy atom. The maximum absolute atomic E-state index is 2.32. The van der Waals surface area contributed by atoms with Crippen LogP contribution in [0.2, 0.25) is 0 Å². The van der Waals surface area contributed by atoms with Crippen LogP contribution in [0.25, 0.3) is 6.08 Å². The smallest absolute Gasteiger partial charge is 0.0439 e. The third-order valence-electron chi connectivity index (χ3n) is 3.15. The second-order valence-corrected chi connectivity index (χ2v) is 4.52. The Bertz CT molecular complexity index is 506. The second-order valence-electron chi connectivity index (χ2n) is 4.52. The van der Waals surface area contributed by atoms with Gasteiger partial charge < -0.3 is 4.57 Å².